The first-order valence-electron chi connectivity index (χ1n) is 9.23. The summed E-state index contributed by atoms with van der Waals surface area (Å²) in [6.45, 7) is 11.3. The summed E-state index contributed by atoms with van der Waals surface area (Å²) in [6.07, 6.45) is 2.81. The lowest BCUT2D eigenvalue weighted by atomic mass is 10.1. The zero-order valence-electron chi connectivity index (χ0n) is 17.7. The van der Waals surface area contributed by atoms with E-state index in [1.165, 1.54) is 11.8 Å². The first kappa shape index (κ1) is 24.1. The normalized spacial score (nSPS) is 13.0. The predicted molar refractivity (Wildman–Crippen MR) is 106 cm³/mol. The fourth-order valence-electron chi connectivity index (χ4n) is 2.13. The molecular weight excluding hydrogens is 384 g/mol. The van der Waals surface area contributed by atoms with Gasteiger partial charge >= 0.3 is 12.2 Å². The predicted octanol–water partition coefficient (Wildman–Crippen LogP) is 4.05. The second-order valence-electron chi connectivity index (χ2n) is 8.23. The average Bonchev–Trinajstić information content (AvgIpc) is 2.98. The van der Waals surface area contributed by atoms with Crippen LogP contribution in [0.25, 0.3) is 0 Å². The van der Waals surface area contributed by atoms with Gasteiger partial charge in [-0.3, -0.25) is 0 Å². The lowest BCUT2D eigenvalue weighted by Crippen LogP contribution is -2.35. The van der Waals surface area contributed by atoms with Gasteiger partial charge in [-0.15, -0.1) is 10.2 Å². The molecule has 9 nitrogen and oxygen atoms in total. The summed E-state index contributed by atoms with van der Waals surface area (Å²) < 4.78 is 16.1. The molecule has 0 saturated carbocycles. The smallest absolute Gasteiger partial charge is 0.408 e. The van der Waals surface area contributed by atoms with Gasteiger partial charge in [-0.05, 0) is 67.1 Å². The summed E-state index contributed by atoms with van der Waals surface area (Å²) >= 11 is 1.33. The Kier molecular flexibility index (Phi) is 9.06. The van der Waals surface area contributed by atoms with Crippen LogP contribution in [0.5, 0.6) is 0 Å². The number of unbranched alkanes of at least 4 members (excludes halogenated alkanes) is 1. The Morgan fingerprint density at radius 2 is 1.64 bits per heavy atom. The van der Waals surface area contributed by atoms with E-state index in [4.69, 9.17) is 13.9 Å². The number of aromatic nitrogens is 2. The maximum atomic E-state index is 12.1. The SMILES string of the molecule is CSc1nnc(C(CCCCNC(=O)OC(C)(C)C)NC(=O)OC(C)(C)C)o1. The van der Waals surface area contributed by atoms with Gasteiger partial charge in [-0.1, -0.05) is 11.8 Å². The molecule has 0 aliphatic heterocycles. The first-order valence-corrected chi connectivity index (χ1v) is 10.5. The minimum atomic E-state index is -0.606. The van der Waals surface area contributed by atoms with Gasteiger partial charge in [0.15, 0.2) is 0 Å². The van der Waals surface area contributed by atoms with E-state index in [9.17, 15) is 9.59 Å². The number of carbonyl (C=O) groups is 2. The summed E-state index contributed by atoms with van der Waals surface area (Å²) in [6, 6.07) is -0.468. The maximum Gasteiger partial charge on any atom is 0.408 e. The molecule has 2 amide bonds. The van der Waals surface area contributed by atoms with Gasteiger partial charge in [-0.25, -0.2) is 9.59 Å². The molecule has 160 valence electrons. The van der Waals surface area contributed by atoms with Crippen LogP contribution in [0.4, 0.5) is 9.59 Å². The number of amides is 2. The van der Waals surface area contributed by atoms with Crippen LogP contribution in [0.2, 0.25) is 0 Å². The highest BCUT2D eigenvalue weighted by Gasteiger charge is 2.24. The molecule has 0 bridgehead atoms. The van der Waals surface area contributed by atoms with Crippen molar-refractivity contribution < 1.29 is 23.5 Å². The second-order valence-corrected chi connectivity index (χ2v) is 8.99. The van der Waals surface area contributed by atoms with Crippen molar-refractivity contribution in [3.63, 3.8) is 0 Å². The van der Waals surface area contributed by atoms with Crippen molar-refractivity contribution in [3.8, 4) is 0 Å². The molecule has 1 rings (SSSR count). The highest BCUT2D eigenvalue weighted by Crippen LogP contribution is 2.22. The number of hydrogen-bond donors (Lipinski definition) is 2. The largest absolute Gasteiger partial charge is 0.444 e. The van der Waals surface area contributed by atoms with Crippen LogP contribution in [0.3, 0.4) is 0 Å². The summed E-state index contributed by atoms with van der Waals surface area (Å²) in [4.78, 5) is 23.8. The van der Waals surface area contributed by atoms with Crippen LogP contribution in [0.1, 0.15) is 72.7 Å². The van der Waals surface area contributed by atoms with E-state index in [-0.39, 0.29) is 0 Å². The van der Waals surface area contributed by atoms with Crippen molar-refractivity contribution in [3.05, 3.63) is 5.89 Å². The van der Waals surface area contributed by atoms with E-state index >= 15 is 0 Å². The Labute approximate surface area is 170 Å². The molecule has 0 aliphatic carbocycles. The highest BCUT2D eigenvalue weighted by atomic mass is 32.2. The molecule has 0 aromatic carbocycles. The third kappa shape index (κ3) is 10.4. The van der Waals surface area contributed by atoms with Gasteiger partial charge in [0.1, 0.15) is 17.2 Å². The molecule has 1 atom stereocenters. The fourth-order valence-corrected chi connectivity index (χ4v) is 2.42. The molecule has 2 N–H and O–H groups in total. The zero-order valence-corrected chi connectivity index (χ0v) is 18.6. The van der Waals surface area contributed by atoms with Crippen molar-refractivity contribution in [1.82, 2.24) is 20.8 Å². The van der Waals surface area contributed by atoms with Gasteiger partial charge in [0.05, 0.1) is 0 Å². The molecule has 0 fully saturated rings. The minimum absolute atomic E-state index is 0.329. The molecule has 1 heterocycles. The Hall–Kier alpha value is -1.97. The quantitative estimate of drug-likeness (QED) is 0.482. The van der Waals surface area contributed by atoms with Crippen molar-refractivity contribution in [2.75, 3.05) is 12.8 Å². The molecule has 10 heteroatoms. The number of thioether (sulfide) groups is 1. The molecule has 1 unspecified atom stereocenters. The molecule has 0 radical (unpaired) electrons. The standard InChI is InChI=1S/C18H32N4O5S/c1-17(2,3)26-14(23)19-11-9-8-10-12(13-21-22-16(25-13)28-7)20-15(24)27-18(4,5)6/h12H,8-11H2,1-7H3,(H,19,23)(H,20,24). The van der Waals surface area contributed by atoms with E-state index in [0.29, 0.717) is 36.9 Å². The second kappa shape index (κ2) is 10.5. The summed E-state index contributed by atoms with van der Waals surface area (Å²) in [7, 11) is 0. The average molecular weight is 417 g/mol. The summed E-state index contributed by atoms with van der Waals surface area (Å²) in [5, 5.41) is 13.8. The lowest BCUT2D eigenvalue weighted by Gasteiger charge is -2.22. The third-order valence-corrected chi connectivity index (χ3v) is 3.69. The van der Waals surface area contributed by atoms with Crippen LogP contribution >= 0.6 is 11.8 Å². The van der Waals surface area contributed by atoms with E-state index in [1.54, 1.807) is 20.8 Å². The topological polar surface area (TPSA) is 116 Å². The minimum Gasteiger partial charge on any atom is -0.444 e. The molecule has 28 heavy (non-hydrogen) atoms. The highest BCUT2D eigenvalue weighted by molar-refractivity contribution is 7.98. The maximum absolute atomic E-state index is 12.1. The number of carbonyl (C=O) groups excluding carboxylic acids is 2. The Morgan fingerprint density at radius 3 is 2.18 bits per heavy atom. The Morgan fingerprint density at radius 1 is 1.04 bits per heavy atom. The molecular formula is C18H32N4O5S. The number of nitrogens with zero attached hydrogens (tertiary/aromatic N) is 2. The molecule has 1 aromatic rings. The summed E-state index contributed by atoms with van der Waals surface area (Å²) in [5.74, 6) is 0.329. The molecule has 1 aromatic heterocycles. The third-order valence-electron chi connectivity index (χ3n) is 3.17. The number of nitrogens with one attached hydrogen (secondary N) is 2. The van der Waals surface area contributed by atoms with E-state index in [1.807, 2.05) is 27.0 Å². The van der Waals surface area contributed by atoms with Crippen molar-refractivity contribution in [1.29, 1.82) is 0 Å². The lowest BCUT2D eigenvalue weighted by molar-refractivity contribution is 0.0490. The van der Waals surface area contributed by atoms with Crippen molar-refractivity contribution in [2.45, 2.75) is 83.3 Å². The number of rotatable bonds is 8. The van der Waals surface area contributed by atoms with E-state index in [2.05, 4.69) is 20.8 Å². The van der Waals surface area contributed by atoms with E-state index < -0.39 is 29.4 Å². The van der Waals surface area contributed by atoms with E-state index in [0.717, 1.165) is 0 Å². The van der Waals surface area contributed by atoms with Crippen LogP contribution in [-0.4, -0.2) is 46.4 Å². The molecule has 0 saturated heterocycles. The Bertz CT molecular complexity index is 637. The first-order chi connectivity index (χ1) is 12.9. The van der Waals surface area contributed by atoms with Crippen molar-refractivity contribution >= 4 is 23.9 Å². The summed E-state index contributed by atoms with van der Waals surface area (Å²) in [5.41, 5.74) is -1.13. The fraction of sp³-hybridized carbons (Fsp3) is 0.778. The van der Waals surface area contributed by atoms with Crippen LogP contribution in [0, 0.1) is 0 Å². The monoisotopic (exact) mass is 416 g/mol. The van der Waals surface area contributed by atoms with Gasteiger partial charge in [0, 0.05) is 6.54 Å². The zero-order chi connectivity index (χ0) is 21.4. The van der Waals surface area contributed by atoms with Gasteiger partial charge < -0.3 is 24.5 Å². The molecule has 0 spiro atoms. The Balaban J connectivity index is 2.54. The number of alkyl carbamates (subject to hydrolysis) is 2. The number of ether oxygens (including phenoxy) is 2. The van der Waals surface area contributed by atoms with Gasteiger partial charge in [0.25, 0.3) is 5.22 Å². The van der Waals surface area contributed by atoms with Crippen LogP contribution < -0.4 is 10.6 Å². The number of hydrogen-bond acceptors (Lipinski definition) is 8. The van der Waals surface area contributed by atoms with Gasteiger partial charge in [-0.2, -0.15) is 0 Å². The van der Waals surface area contributed by atoms with Crippen LogP contribution in [-0.2, 0) is 9.47 Å². The van der Waals surface area contributed by atoms with Crippen LogP contribution in [0.15, 0.2) is 9.64 Å². The van der Waals surface area contributed by atoms with Crippen molar-refractivity contribution in [2.24, 2.45) is 0 Å². The molecule has 0 aliphatic rings. The van der Waals surface area contributed by atoms with Gasteiger partial charge in [0.2, 0.25) is 5.89 Å².